The van der Waals surface area contributed by atoms with Crippen LogP contribution in [-0.4, -0.2) is 106 Å². The van der Waals surface area contributed by atoms with E-state index in [0.717, 1.165) is 0 Å². The summed E-state index contributed by atoms with van der Waals surface area (Å²) in [6.07, 6.45) is -3.33. The number of esters is 1. The highest BCUT2D eigenvalue weighted by atomic mass is 19.3. The third-order valence-corrected chi connectivity index (χ3v) is 5.19. The van der Waals surface area contributed by atoms with Crippen LogP contribution in [-0.2, 0) is 14.3 Å². The zero-order valence-corrected chi connectivity index (χ0v) is 21.6. The number of hydrogen-bond donors (Lipinski definition) is 6. The van der Waals surface area contributed by atoms with E-state index in [4.69, 9.17) is 35.9 Å². The van der Waals surface area contributed by atoms with Crippen molar-refractivity contribution in [1.29, 1.82) is 0 Å². The van der Waals surface area contributed by atoms with Gasteiger partial charge in [-0.25, -0.2) is 13.2 Å². The second-order valence-corrected chi connectivity index (χ2v) is 8.35. The van der Waals surface area contributed by atoms with E-state index in [1.54, 1.807) is 0 Å². The lowest BCUT2D eigenvalue weighted by atomic mass is 10.0. The highest BCUT2D eigenvalue weighted by molar-refractivity contribution is 6.30. The molecule has 1 fully saturated rings. The number of carbonyl (C=O) groups excluding carboxylic acids is 1. The van der Waals surface area contributed by atoms with Gasteiger partial charge in [0.05, 0.1) is 57.1 Å². The Hall–Kier alpha value is -2.98. The number of aliphatic hydroxyl groups excluding tert-OH is 3. The summed E-state index contributed by atoms with van der Waals surface area (Å²) < 4.78 is 105. The lowest BCUT2D eigenvalue weighted by Crippen LogP contribution is -2.46. The minimum atomic E-state index is -3.84. The largest absolute Gasteiger partial charge is 0.420 e. The number of nitrogens with zero attached hydrogens (tertiary/aromatic N) is 3. The van der Waals surface area contributed by atoms with Crippen LogP contribution in [0.15, 0.2) is 10.1 Å². The van der Waals surface area contributed by atoms with E-state index in [0.29, 0.717) is 5.71 Å². The maximum Gasteiger partial charge on any atom is 0.350 e. The molecular weight excluding hydrogens is 597 g/mol. The predicted octanol–water partition coefficient (Wildman–Crippen LogP) is 1.02. The fourth-order valence-corrected chi connectivity index (χ4v) is 3.00. The molecule has 0 aromatic heterocycles. The van der Waals surface area contributed by atoms with Gasteiger partial charge in [0.2, 0.25) is 34.8 Å². The molecule has 0 radical (unpaired) electrons. The normalized spacial score (nSPS) is 19.6. The molecule has 0 bridgehead atoms. The molecule has 1 aliphatic heterocycles. The van der Waals surface area contributed by atoms with Crippen molar-refractivity contribution in [1.82, 2.24) is 5.23 Å². The summed E-state index contributed by atoms with van der Waals surface area (Å²) in [5.74, 6) is -9.13. The standard InChI is InChI=1S/C15H16F5N3O4.C7H13F2NO5/c16-10-11(17)13(19)15(14(20)12(10)18)27-9(25)2-5-26-6-3-22-7-8(23-21)1-4-24;8-7(9,10(13)14)2-4-1-5(11)6(12)3-15-4/h7,24H,1-6,21H2;4-6,11-14H,1-3H2/b22-7?,23-8-;. The summed E-state index contributed by atoms with van der Waals surface area (Å²) in [5, 5.41) is 45.5. The van der Waals surface area contributed by atoms with Gasteiger partial charge in [0.25, 0.3) is 0 Å². The van der Waals surface area contributed by atoms with Crippen LogP contribution in [0, 0.1) is 29.1 Å². The van der Waals surface area contributed by atoms with Crippen LogP contribution in [0.2, 0.25) is 0 Å². The maximum absolute atomic E-state index is 13.4. The summed E-state index contributed by atoms with van der Waals surface area (Å²) in [7, 11) is 0. The Morgan fingerprint density at radius 3 is 2.14 bits per heavy atom. The monoisotopic (exact) mass is 626 g/mol. The number of carbonyl (C=O) groups is 1. The quantitative estimate of drug-likeness (QED) is 0.0175. The topological polar surface area (TPSA) is 200 Å². The fraction of sp³-hybridized carbons (Fsp3) is 0.591. The predicted molar refractivity (Wildman–Crippen MR) is 125 cm³/mol. The van der Waals surface area contributed by atoms with Crippen LogP contribution in [0.5, 0.6) is 5.75 Å². The van der Waals surface area contributed by atoms with Gasteiger partial charge in [-0.3, -0.25) is 20.2 Å². The van der Waals surface area contributed by atoms with E-state index < -0.39 is 83.2 Å². The molecule has 0 saturated carbocycles. The molecule has 240 valence electrons. The molecule has 3 atom stereocenters. The third-order valence-electron chi connectivity index (χ3n) is 5.19. The van der Waals surface area contributed by atoms with Crippen LogP contribution in [0.25, 0.3) is 0 Å². The zero-order chi connectivity index (χ0) is 32.0. The molecule has 1 heterocycles. The van der Waals surface area contributed by atoms with E-state index in [1.165, 1.54) is 6.21 Å². The van der Waals surface area contributed by atoms with E-state index in [2.05, 4.69) is 14.8 Å². The van der Waals surface area contributed by atoms with Gasteiger partial charge in [-0.15, -0.1) is 0 Å². The minimum absolute atomic E-state index is 0.0588. The van der Waals surface area contributed by atoms with Crippen molar-refractivity contribution in [2.45, 2.75) is 50.0 Å². The van der Waals surface area contributed by atoms with E-state index in [-0.39, 0.29) is 45.8 Å². The molecule has 3 unspecified atom stereocenters. The summed E-state index contributed by atoms with van der Waals surface area (Å²) in [6, 6.07) is -3.84. The Morgan fingerprint density at radius 1 is 1.02 bits per heavy atom. The molecule has 0 aliphatic carbocycles. The van der Waals surface area contributed by atoms with Crippen molar-refractivity contribution in [2.24, 2.45) is 15.9 Å². The number of nitrogens with two attached hydrogens (primary N) is 1. The van der Waals surface area contributed by atoms with Crippen LogP contribution in [0.4, 0.5) is 30.7 Å². The SMILES string of the molecule is N/N=C(\C=NCCOCCC(=O)Oc1c(F)c(F)c(F)c(F)c1F)CCO.OC1COC(CC(F)(F)N(O)O)CC1O. The van der Waals surface area contributed by atoms with Crippen LogP contribution in [0.3, 0.4) is 0 Å². The molecule has 1 aromatic carbocycles. The van der Waals surface area contributed by atoms with Crippen LogP contribution in [0.1, 0.15) is 25.7 Å². The zero-order valence-electron chi connectivity index (χ0n) is 21.6. The third kappa shape index (κ3) is 11.7. The number of halogens is 7. The number of hydroxylamine groups is 2. The van der Waals surface area contributed by atoms with E-state index in [1.807, 2.05) is 0 Å². The number of ether oxygens (including phenoxy) is 3. The average Bonchev–Trinajstić information content (AvgIpc) is 2.94. The second kappa shape index (κ2) is 17.9. The summed E-state index contributed by atoms with van der Waals surface area (Å²) in [6.45, 7) is -0.416. The summed E-state index contributed by atoms with van der Waals surface area (Å²) in [4.78, 5) is 15.3. The molecule has 13 nitrogen and oxygen atoms in total. The smallest absolute Gasteiger partial charge is 0.350 e. The lowest BCUT2D eigenvalue weighted by Gasteiger charge is -2.32. The molecule has 20 heteroatoms. The van der Waals surface area contributed by atoms with Gasteiger partial charge in [0.1, 0.15) is 6.10 Å². The minimum Gasteiger partial charge on any atom is -0.420 e. The number of aliphatic hydroxyl groups is 3. The first-order valence-corrected chi connectivity index (χ1v) is 11.9. The molecule has 42 heavy (non-hydrogen) atoms. The molecule has 7 N–H and O–H groups in total. The van der Waals surface area contributed by atoms with E-state index >= 15 is 0 Å². The van der Waals surface area contributed by atoms with Gasteiger partial charge in [-0.05, 0) is 0 Å². The van der Waals surface area contributed by atoms with Crippen LogP contribution >= 0.6 is 0 Å². The fourth-order valence-electron chi connectivity index (χ4n) is 3.00. The van der Waals surface area contributed by atoms with Gasteiger partial charge < -0.3 is 35.4 Å². The molecule has 1 aromatic rings. The summed E-state index contributed by atoms with van der Waals surface area (Å²) >= 11 is 0. The Kier molecular flexibility index (Phi) is 15.7. The Labute approximate surface area is 233 Å². The van der Waals surface area contributed by atoms with Crippen molar-refractivity contribution >= 4 is 17.9 Å². The van der Waals surface area contributed by atoms with Crippen molar-refractivity contribution in [3.63, 3.8) is 0 Å². The van der Waals surface area contributed by atoms with Crippen molar-refractivity contribution in [3.05, 3.63) is 29.1 Å². The number of aliphatic imine (C=N–C) groups is 1. The van der Waals surface area contributed by atoms with Gasteiger partial charge >= 0.3 is 12.0 Å². The van der Waals surface area contributed by atoms with Crippen molar-refractivity contribution < 1.29 is 75.5 Å². The highest BCUT2D eigenvalue weighted by Gasteiger charge is 2.42. The van der Waals surface area contributed by atoms with E-state index in [9.17, 15) is 40.6 Å². The Bertz CT molecular complexity index is 1050. The number of rotatable bonds is 13. The van der Waals surface area contributed by atoms with Gasteiger partial charge in [0.15, 0.2) is 0 Å². The first-order valence-electron chi connectivity index (χ1n) is 11.9. The Balaban J connectivity index is 0.000000495. The molecule has 0 amide bonds. The number of alkyl halides is 2. The number of hydrazone groups is 1. The highest BCUT2D eigenvalue weighted by Crippen LogP contribution is 2.30. The number of benzene rings is 1. The van der Waals surface area contributed by atoms with Crippen LogP contribution < -0.4 is 10.6 Å². The summed E-state index contributed by atoms with van der Waals surface area (Å²) in [5.41, 5.74) is 0.365. The maximum atomic E-state index is 13.4. The van der Waals surface area contributed by atoms with Gasteiger partial charge in [-0.1, -0.05) is 0 Å². The first-order chi connectivity index (χ1) is 19.7. The molecule has 1 saturated heterocycles. The average molecular weight is 626 g/mol. The molecule has 1 aliphatic rings. The molecular formula is C22H29F7N4O9. The van der Waals surface area contributed by atoms with Gasteiger partial charge in [-0.2, -0.15) is 22.7 Å². The Morgan fingerprint density at radius 2 is 1.62 bits per heavy atom. The molecule has 2 rings (SSSR count). The van der Waals surface area contributed by atoms with Crippen molar-refractivity contribution in [2.75, 3.05) is 33.0 Å². The second-order valence-electron chi connectivity index (χ2n) is 8.35. The van der Waals surface area contributed by atoms with Gasteiger partial charge in [0, 0.05) is 30.9 Å². The first kappa shape index (κ1) is 37.0. The lowest BCUT2D eigenvalue weighted by molar-refractivity contribution is -0.435. The van der Waals surface area contributed by atoms with Crippen molar-refractivity contribution in [3.8, 4) is 5.75 Å². The number of hydrogen-bond acceptors (Lipinski definition) is 13. The molecule has 0 spiro atoms.